The van der Waals surface area contributed by atoms with Crippen molar-refractivity contribution in [2.24, 2.45) is 0 Å². The number of aryl methyl sites for hydroxylation is 2. The van der Waals surface area contributed by atoms with Gasteiger partial charge in [-0.05, 0) is 47.4 Å². The number of aromatic nitrogens is 5. The number of benzene rings is 2. The molecule has 2 aromatic heterocycles. The summed E-state index contributed by atoms with van der Waals surface area (Å²) in [6.07, 6.45) is 8.79. The van der Waals surface area contributed by atoms with E-state index in [1.165, 1.54) is 11.9 Å². The van der Waals surface area contributed by atoms with Gasteiger partial charge in [-0.1, -0.05) is 42.5 Å². The molecular weight excluding hydrogens is 366 g/mol. The SMILES string of the molecule is C(=C\c1nc(COc2ccc(CCCn3ncnn3)cc2)co1)/c1ccccc1. The summed E-state index contributed by atoms with van der Waals surface area (Å²) in [4.78, 5) is 6.02. The molecule has 7 nitrogen and oxygen atoms in total. The Morgan fingerprint density at radius 3 is 2.66 bits per heavy atom. The molecule has 4 aromatic rings. The van der Waals surface area contributed by atoms with Crippen LogP contribution in [0.2, 0.25) is 0 Å². The van der Waals surface area contributed by atoms with Crippen LogP contribution in [0.3, 0.4) is 0 Å². The van der Waals surface area contributed by atoms with Crippen LogP contribution >= 0.6 is 0 Å². The highest BCUT2D eigenvalue weighted by molar-refractivity contribution is 5.65. The van der Waals surface area contributed by atoms with Gasteiger partial charge in [0, 0.05) is 6.08 Å². The average molecular weight is 387 g/mol. The van der Waals surface area contributed by atoms with Gasteiger partial charge >= 0.3 is 0 Å². The van der Waals surface area contributed by atoms with E-state index in [1.807, 2.05) is 54.6 Å². The van der Waals surface area contributed by atoms with Gasteiger partial charge in [-0.15, -0.1) is 10.2 Å². The fraction of sp³-hybridized carbons (Fsp3) is 0.182. The van der Waals surface area contributed by atoms with Crippen molar-refractivity contribution in [2.45, 2.75) is 26.0 Å². The molecule has 0 N–H and O–H groups in total. The van der Waals surface area contributed by atoms with E-state index in [2.05, 4.69) is 32.5 Å². The minimum atomic E-state index is 0.361. The lowest BCUT2D eigenvalue weighted by Gasteiger charge is -2.05. The normalized spacial score (nSPS) is 11.2. The topological polar surface area (TPSA) is 78.9 Å². The number of hydrogen-bond donors (Lipinski definition) is 0. The van der Waals surface area contributed by atoms with Crippen LogP contribution in [0, 0.1) is 0 Å². The molecule has 0 saturated heterocycles. The molecule has 0 spiro atoms. The fourth-order valence-electron chi connectivity index (χ4n) is 2.82. The van der Waals surface area contributed by atoms with E-state index in [0.717, 1.165) is 36.4 Å². The van der Waals surface area contributed by atoms with Gasteiger partial charge in [-0.2, -0.15) is 4.80 Å². The van der Waals surface area contributed by atoms with Crippen molar-refractivity contribution in [3.63, 3.8) is 0 Å². The first-order valence-electron chi connectivity index (χ1n) is 9.45. The number of ether oxygens (including phenoxy) is 1. The van der Waals surface area contributed by atoms with Crippen LogP contribution in [0.25, 0.3) is 12.2 Å². The van der Waals surface area contributed by atoms with E-state index in [0.29, 0.717) is 12.5 Å². The Labute approximate surface area is 168 Å². The molecule has 0 saturated carbocycles. The van der Waals surface area contributed by atoms with E-state index >= 15 is 0 Å². The molecule has 0 fully saturated rings. The lowest BCUT2D eigenvalue weighted by molar-refractivity contribution is 0.301. The lowest BCUT2D eigenvalue weighted by Crippen LogP contribution is -2.03. The number of tetrazole rings is 1. The highest BCUT2D eigenvalue weighted by atomic mass is 16.5. The van der Waals surface area contributed by atoms with Crippen molar-refractivity contribution in [3.05, 3.63) is 89.9 Å². The number of oxazole rings is 1. The van der Waals surface area contributed by atoms with Crippen molar-refractivity contribution >= 4 is 12.2 Å². The molecule has 0 bridgehead atoms. The zero-order chi connectivity index (χ0) is 19.7. The molecule has 2 heterocycles. The van der Waals surface area contributed by atoms with Crippen molar-refractivity contribution in [1.82, 2.24) is 25.2 Å². The molecular formula is C22H21N5O2. The van der Waals surface area contributed by atoms with Crippen molar-refractivity contribution in [3.8, 4) is 5.75 Å². The maximum atomic E-state index is 5.81. The quantitative estimate of drug-likeness (QED) is 0.431. The molecule has 4 rings (SSSR count). The average Bonchev–Trinajstić information content (AvgIpc) is 3.45. The Morgan fingerprint density at radius 2 is 1.86 bits per heavy atom. The van der Waals surface area contributed by atoms with Crippen LogP contribution in [0.1, 0.15) is 29.1 Å². The van der Waals surface area contributed by atoms with Crippen LogP contribution < -0.4 is 4.74 Å². The molecule has 29 heavy (non-hydrogen) atoms. The molecule has 2 aromatic carbocycles. The number of hydrogen-bond acceptors (Lipinski definition) is 6. The highest BCUT2D eigenvalue weighted by Crippen LogP contribution is 2.16. The summed E-state index contributed by atoms with van der Waals surface area (Å²) < 4.78 is 11.3. The van der Waals surface area contributed by atoms with Gasteiger partial charge in [0.1, 0.15) is 24.3 Å². The molecule has 0 amide bonds. The second kappa shape index (κ2) is 9.45. The first-order valence-corrected chi connectivity index (χ1v) is 9.45. The van der Waals surface area contributed by atoms with E-state index in [4.69, 9.17) is 9.15 Å². The van der Waals surface area contributed by atoms with Crippen molar-refractivity contribution in [2.75, 3.05) is 0 Å². The molecule has 0 aliphatic rings. The summed E-state index contributed by atoms with van der Waals surface area (Å²) >= 11 is 0. The minimum Gasteiger partial charge on any atom is -0.487 e. The zero-order valence-electron chi connectivity index (χ0n) is 15.9. The van der Waals surface area contributed by atoms with E-state index < -0.39 is 0 Å². The predicted molar refractivity (Wildman–Crippen MR) is 109 cm³/mol. The van der Waals surface area contributed by atoms with Crippen LogP contribution in [-0.2, 0) is 19.6 Å². The van der Waals surface area contributed by atoms with Gasteiger partial charge < -0.3 is 9.15 Å². The van der Waals surface area contributed by atoms with E-state index in [-0.39, 0.29) is 0 Å². The highest BCUT2D eigenvalue weighted by Gasteiger charge is 2.03. The molecule has 0 atom stereocenters. The van der Waals surface area contributed by atoms with Crippen LogP contribution in [0.5, 0.6) is 5.75 Å². The summed E-state index contributed by atoms with van der Waals surface area (Å²) in [5.41, 5.74) is 3.09. The minimum absolute atomic E-state index is 0.361. The fourth-order valence-corrected chi connectivity index (χ4v) is 2.82. The Hall–Kier alpha value is -3.74. The molecule has 0 aliphatic carbocycles. The summed E-state index contributed by atoms with van der Waals surface area (Å²) in [5, 5.41) is 11.6. The molecule has 0 aliphatic heterocycles. The van der Waals surface area contributed by atoms with Gasteiger partial charge in [-0.3, -0.25) is 0 Å². The second-order valence-corrected chi connectivity index (χ2v) is 6.49. The van der Waals surface area contributed by atoms with Crippen molar-refractivity contribution in [1.29, 1.82) is 0 Å². The second-order valence-electron chi connectivity index (χ2n) is 6.49. The van der Waals surface area contributed by atoms with E-state index in [1.54, 1.807) is 11.1 Å². The summed E-state index contributed by atoms with van der Waals surface area (Å²) in [7, 11) is 0. The van der Waals surface area contributed by atoms with Crippen molar-refractivity contribution < 1.29 is 9.15 Å². The van der Waals surface area contributed by atoms with Gasteiger partial charge in [0.15, 0.2) is 6.33 Å². The predicted octanol–water partition coefficient (Wildman–Crippen LogP) is 4.04. The van der Waals surface area contributed by atoms with Crippen LogP contribution in [0.4, 0.5) is 0 Å². The standard InChI is InChI=1S/C22H21N5O2/c1-2-5-18(6-3-1)10-13-22-25-20(16-29-22)15-28-21-11-8-19(9-12-21)7-4-14-27-24-17-23-26-27/h1-3,5-6,8-13,16-17H,4,7,14-15H2/b13-10+. The number of nitrogens with zero attached hydrogens (tertiary/aromatic N) is 5. The van der Waals surface area contributed by atoms with Crippen LogP contribution in [0.15, 0.2) is 71.6 Å². The molecule has 0 radical (unpaired) electrons. The maximum absolute atomic E-state index is 5.81. The third-order valence-electron chi connectivity index (χ3n) is 4.31. The van der Waals surface area contributed by atoms with Crippen LogP contribution in [-0.4, -0.2) is 25.2 Å². The molecule has 146 valence electrons. The Bertz CT molecular complexity index is 1020. The first-order chi connectivity index (χ1) is 14.3. The van der Waals surface area contributed by atoms with Gasteiger partial charge in [0.2, 0.25) is 5.89 Å². The monoisotopic (exact) mass is 387 g/mol. The number of rotatable bonds is 9. The Balaban J connectivity index is 1.24. The smallest absolute Gasteiger partial charge is 0.218 e. The maximum Gasteiger partial charge on any atom is 0.218 e. The molecule has 7 heteroatoms. The van der Waals surface area contributed by atoms with Gasteiger partial charge in [0.05, 0.1) is 6.54 Å². The Morgan fingerprint density at radius 1 is 1.00 bits per heavy atom. The largest absolute Gasteiger partial charge is 0.487 e. The molecule has 0 unspecified atom stereocenters. The summed E-state index contributed by atoms with van der Waals surface area (Å²) in [5.74, 6) is 1.36. The van der Waals surface area contributed by atoms with Gasteiger partial charge in [-0.25, -0.2) is 4.98 Å². The van der Waals surface area contributed by atoms with Gasteiger partial charge in [0.25, 0.3) is 0 Å². The summed E-state index contributed by atoms with van der Waals surface area (Å²) in [6, 6.07) is 18.1. The summed E-state index contributed by atoms with van der Waals surface area (Å²) in [6.45, 7) is 1.12. The van der Waals surface area contributed by atoms with E-state index in [9.17, 15) is 0 Å². The third kappa shape index (κ3) is 5.62. The lowest BCUT2D eigenvalue weighted by atomic mass is 10.1. The Kier molecular flexibility index (Phi) is 6.07. The first kappa shape index (κ1) is 18.6. The third-order valence-corrected chi connectivity index (χ3v) is 4.31. The zero-order valence-corrected chi connectivity index (χ0v) is 15.9.